The Morgan fingerprint density at radius 3 is 2.94 bits per heavy atom. The number of ether oxygens (including phenoxy) is 1. The Hall–Kier alpha value is -0.810. The molecule has 0 aromatic rings. The number of nitrogens with one attached hydrogen (secondary N) is 1. The average molecular weight is 242 g/mol. The topological polar surface area (TPSA) is 62.9 Å². The van der Waals surface area contributed by atoms with E-state index in [0.29, 0.717) is 13.2 Å². The van der Waals surface area contributed by atoms with Crippen molar-refractivity contribution in [2.24, 2.45) is 16.8 Å². The molecule has 1 aliphatic rings. The zero-order valence-electron chi connectivity index (χ0n) is 11.1. The van der Waals surface area contributed by atoms with Crippen LogP contribution in [0.5, 0.6) is 0 Å². The molecular weight excluding hydrogens is 216 g/mol. The second-order valence-electron chi connectivity index (χ2n) is 4.53. The van der Waals surface area contributed by atoms with Crippen molar-refractivity contribution in [3.05, 3.63) is 0 Å². The minimum absolute atomic E-state index is 0.636. The van der Waals surface area contributed by atoms with Gasteiger partial charge in [0.15, 0.2) is 0 Å². The van der Waals surface area contributed by atoms with Crippen molar-refractivity contribution in [3.63, 3.8) is 0 Å². The van der Waals surface area contributed by atoms with Crippen LogP contribution >= 0.6 is 0 Å². The number of guanidine groups is 1. The Balaban J connectivity index is 2.47. The van der Waals surface area contributed by atoms with E-state index in [2.05, 4.69) is 22.2 Å². The lowest BCUT2D eigenvalue weighted by Crippen LogP contribution is -2.45. The fourth-order valence-corrected chi connectivity index (χ4v) is 2.27. The third-order valence-corrected chi connectivity index (χ3v) is 3.41. The van der Waals surface area contributed by atoms with Gasteiger partial charge in [0.05, 0.1) is 13.2 Å². The Kier molecular flexibility index (Phi) is 6.96. The summed E-state index contributed by atoms with van der Waals surface area (Å²) in [6, 6.07) is 0. The number of hydrazine groups is 1. The summed E-state index contributed by atoms with van der Waals surface area (Å²) in [5.41, 5.74) is 2.71. The van der Waals surface area contributed by atoms with Crippen LogP contribution in [0.15, 0.2) is 4.99 Å². The normalized spacial score (nSPS) is 22.4. The highest BCUT2D eigenvalue weighted by Crippen LogP contribution is 2.20. The molecule has 17 heavy (non-hydrogen) atoms. The fraction of sp³-hybridized carbons (Fsp3) is 0.917. The number of aliphatic imine (C=N–C) groups is 1. The van der Waals surface area contributed by atoms with Gasteiger partial charge in [-0.05, 0) is 25.2 Å². The van der Waals surface area contributed by atoms with Gasteiger partial charge < -0.3 is 9.64 Å². The van der Waals surface area contributed by atoms with Crippen LogP contribution in [-0.4, -0.2) is 44.2 Å². The van der Waals surface area contributed by atoms with Crippen LogP contribution in [0.3, 0.4) is 0 Å². The summed E-state index contributed by atoms with van der Waals surface area (Å²) < 4.78 is 4.99. The van der Waals surface area contributed by atoms with E-state index in [-0.39, 0.29) is 0 Å². The molecule has 1 aliphatic heterocycles. The molecule has 1 unspecified atom stereocenters. The maximum absolute atomic E-state index is 5.54. The summed E-state index contributed by atoms with van der Waals surface area (Å²) in [5.74, 6) is 7.20. The molecule has 1 rings (SSSR count). The molecule has 1 atom stereocenters. The Bertz CT molecular complexity index is 233. The molecule has 3 N–H and O–H groups in total. The van der Waals surface area contributed by atoms with E-state index in [1.54, 1.807) is 7.11 Å². The minimum atomic E-state index is 0.636. The van der Waals surface area contributed by atoms with Gasteiger partial charge in [-0.1, -0.05) is 13.3 Å². The van der Waals surface area contributed by atoms with Gasteiger partial charge in [0, 0.05) is 20.2 Å². The highest BCUT2D eigenvalue weighted by molar-refractivity contribution is 5.79. The first-order valence-corrected chi connectivity index (χ1v) is 6.56. The minimum Gasteiger partial charge on any atom is -0.383 e. The molecule has 1 heterocycles. The number of methoxy groups -OCH3 is 1. The fourth-order valence-electron chi connectivity index (χ4n) is 2.27. The molecule has 0 amide bonds. The standard InChI is InChI=1S/C12H26N4O/c1-3-11-5-4-8-16(9-6-11)12(15-13)14-7-10-17-2/h11H,3-10,13H2,1-2H3,(H,14,15). The van der Waals surface area contributed by atoms with Crippen LogP contribution in [0.25, 0.3) is 0 Å². The molecule has 0 aliphatic carbocycles. The van der Waals surface area contributed by atoms with Gasteiger partial charge in [-0.2, -0.15) is 0 Å². The molecule has 1 fully saturated rings. The van der Waals surface area contributed by atoms with Crippen molar-refractivity contribution in [2.45, 2.75) is 32.6 Å². The molecule has 0 saturated carbocycles. The SMILES string of the molecule is CCC1CCCN(C(=NCCOC)NN)CC1. The van der Waals surface area contributed by atoms with Crippen molar-refractivity contribution < 1.29 is 4.74 Å². The van der Waals surface area contributed by atoms with Gasteiger partial charge in [-0.3, -0.25) is 5.43 Å². The van der Waals surface area contributed by atoms with Gasteiger partial charge in [-0.15, -0.1) is 0 Å². The first-order valence-electron chi connectivity index (χ1n) is 6.56. The molecule has 100 valence electrons. The summed E-state index contributed by atoms with van der Waals surface area (Å²) in [6.07, 6.45) is 5.06. The molecule has 0 spiro atoms. The van der Waals surface area contributed by atoms with E-state index >= 15 is 0 Å². The van der Waals surface area contributed by atoms with E-state index < -0.39 is 0 Å². The number of likely N-dealkylation sites (tertiary alicyclic amines) is 1. The zero-order valence-corrected chi connectivity index (χ0v) is 11.1. The van der Waals surface area contributed by atoms with Gasteiger partial charge in [-0.25, -0.2) is 10.8 Å². The highest BCUT2D eigenvalue weighted by Gasteiger charge is 2.17. The van der Waals surface area contributed by atoms with Gasteiger partial charge in [0.25, 0.3) is 0 Å². The first kappa shape index (κ1) is 14.3. The van der Waals surface area contributed by atoms with E-state index in [1.807, 2.05) is 0 Å². The predicted octanol–water partition coefficient (Wildman–Crippen LogP) is 0.964. The number of nitrogens with two attached hydrogens (primary N) is 1. The zero-order chi connectivity index (χ0) is 12.5. The van der Waals surface area contributed by atoms with E-state index in [9.17, 15) is 0 Å². The molecular formula is C12H26N4O. The number of hydrogen-bond donors (Lipinski definition) is 2. The van der Waals surface area contributed by atoms with E-state index in [1.165, 1.54) is 25.7 Å². The number of nitrogens with zero attached hydrogens (tertiary/aromatic N) is 2. The van der Waals surface area contributed by atoms with Crippen molar-refractivity contribution in [3.8, 4) is 0 Å². The summed E-state index contributed by atoms with van der Waals surface area (Å²) in [6.45, 7) is 5.66. The quantitative estimate of drug-likeness (QED) is 0.253. The lowest BCUT2D eigenvalue weighted by atomic mass is 9.98. The molecule has 5 heteroatoms. The summed E-state index contributed by atoms with van der Waals surface area (Å²) >= 11 is 0. The monoisotopic (exact) mass is 242 g/mol. The van der Waals surface area contributed by atoms with Crippen LogP contribution in [0.2, 0.25) is 0 Å². The first-order chi connectivity index (χ1) is 8.31. The largest absolute Gasteiger partial charge is 0.383 e. The third kappa shape index (κ3) is 4.91. The average Bonchev–Trinajstić information content (AvgIpc) is 2.60. The van der Waals surface area contributed by atoms with E-state index in [4.69, 9.17) is 10.6 Å². The van der Waals surface area contributed by atoms with Gasteiger partial charge in [0.1, 0.15) is 0 Å². The summed E-state index contributed by atoms with van der Waals surface area (Å²) in [5, 5.41) is 0. The Morgan fingerprint density at radius 1 is 1.47 bits per heavy atom. The predicted molar refractivity (Wildman–Crippen MR) is 70.7 cm³/mol. The maximum Gasteiger partial charge on any atom is 0.208 e. The van der Waals surface area contributed by atoms with Crippen molar-refractivity contribution in [1.82, 2.24) is 10.3 Å². The molecule has 0 aromatic carbocycles. The maximum atomic E-state index is 5.54. The number of rotatable bonds is 4. The molecule has 5 nitrogen and oxygen atoms in total. The van der Waals surface area contributed by atoms with Crippen LogP contribution in [0, 0.1) is 5.92 Å². The molecule has 1 saturated heterocycles. The van der Waals surface area contributed by atoms with Crippen molar-refractivity contribution >= 4 is 5.96 Å². The van der Waals surface area contributed by atoms with Crippen LogP contribution in [-0.2, 0) is 4.74 Å². The van der Waals surface area contributed by atoms with Crippen molar-refractivity contribution in [2.75, 3.05) is 33.4 Å². The highest BCUT2D eigenvalue weighted by atomic mass is 16.5. The van der Waals surface area contributed by atoms with Crippen molar-refractivity contribution in [1.29, 1.82) is 0 Å². The second kappa shape index (κ2) is 8.31. The second-order valence-corrected chi connectivity index (χ2v) is 4.53. The molecule has 0 radical (unpaired) electrons. The van der Waals surface area contributed by atoms with Crippen LogP contribution in [0.4, 0.5) is 0 Å². The lowest BCUT2D eigenvalue weighted by Gasteiger charge is -2.23. The van der Waals surface area contributed by atoms with E-state index in [0.717, 1.165) is 25.0 Å². The third-order valence-electron chi connectivity index (χ3n) is 3.41. The van der Waals surface area contributed by atoms with Crippen LogP contribution < -0.4 is 11.3 Å². The van der Waals surface area contributed by atoms with Crippen LogP contribution in [0.1, 0.15) is 32.6 Å². The molecule has 0 bridgehead atoms. The van der Waals surface area contributed by atoms with Gasteiger partial charge >= 0.3 is 0 Å². The van der Waals surface area contributed by atoms with Gasteiger partial charge in [0.2, 0.25) is 5.96 Å². The smallest absolute Gasteiger partial charge is 0.208 e. The Morgan fingerprint density at radius 2 is 2.29 bits per heavy atom. The lowest BCUT2D eigenvalue weighted by molar-refractivity contribution is 0.207. The summed E-state index contributed by atoms with van der Waals surface area (Å²) in [7, 11) is 1.68. The molecule has 0 aromatic heterocycles. The Labute approximate surface area is 104 Å². The summed E-state index contributed by atoms with van der Waals surface area (Å²) in [4.78, 5) is 6.68. The number of hydrogen-bond acceptors (Lipinski definition) is 3.